The van der Waals surface area contributed by atoms with Crippen molar-refractivity contribution in [2.75, 3.05) is 36.6 Å². The highest BCUT2D eigenvalue weighted by Crippen LogP contribution is 2.15. The SMILES string of the molecule is Cc1cnc(NCCc2csc(N)n2)nc1N(C)C. The zero-order valence-electron chi connectivity index (χ0n) is 11.3. The van der Waals surface area contributed by atoms with Crippen LogP contribution in [-0.2, 0) is 6.42 Å². The molecular weight excluding hydrogens is 260 g/mol. The minimum absolute atomic E-state index is 0.608. The first-order chi connectivity index (χ1) is 9.06. The van der Waals surface area contributed by atoms with Crippen LogP contribution >= 0.6 is 11.3 Å². The minimum atomic E-state index is 0.608. The lowest BCUT2D eigenvalue weighted by molar-refractivity contribution is 0.942. The summed E-state index contributed by atoms with van der Waals surface area (Å²) in [5, 5.41) is 5.78. The molecule has 6 nitrogen and oxygen atoms in total. The van der Waals surface area contributed by atoms with Gasteiger partial charge in [0.25, 0.3) is 0 Å². The molecule has 19 heavy (non-hydrogen) atoms. The second-order valence-corrected chi connectivity index (χ2v) is 5.34. The van der Waals surface area contributed by atoms with Crippen LogP contribution in [0.2, 0.25) is 0 Å². The molecule has 0 saturated carbocycles. The quantitative estimate of drug-likeness (QED) is 0.863. The van der Waals surface area contributed by atoms with Gasteiger partial charge < -0.3 is 16.0 Å². The molecule has 0 aliphatic heterocycles. The third-order valence-electron chi connectivity index (χ3n) is 2.60. The number of aryl methyl sites for hydroxylation is 1. The van der Waals surface area contributed by atoms with E-state index in [4.69, 9.17) is 5.73 Å². The number of rotatable bonds is 5. The van der Waals surface area contributed by atoms with Gasteiger partial charge in [0.05, 0.1) is 5.69 Å². The van der Waals surface area contributed by atoms with Crippen LogP contribution in [0.4, 0.5) is 16.9 Å². The monoisotopic (exact) mass is 278 g/mol. The number of anilines is 3. The number of nitrogens with two attached hydrogens (primary N) is 1. The maximum absolute atomic E-state index is 5.59. The molecule has 0 aromatic carbocycles. The van der Waals surface area contributed by atoms with Gasteiger partial charge in [-0.25, -0.2) is 9.97 Å². The molecule has 7 heteroatoms. The van der Waals surface area contributed by atoms with Crippen molar-refractivity contribution in [2.24, 2.45) is 0 Å². The van der Waals surface area contributed by atoms with Crippen molar-refractivity contribution in [1.29, 1.82) is 0 Å². The molecule has 0 radical (unpaired) electrons. The van der Waals surface area contributed by atoms with Gasteiger partial charge in [0.15, 0.2) is 5.13 Å². The summed E-state index contributed by atoms with van der Waals surface area (Å²) in [6.45, 7) is 2.73. The van der Waals surface area contributed by atoms with Gasteiger partial charge in [-0.15, -0.1) is 11.3 Å². The maximum atomic E-state index is 5.59. The van der Waals surface area contributed by atoms with E-state index >= 15 is 0 Å². The lowest BCUT2D eigenvalue weighted by Gasteiger charge is -2.15. The predicted octanol–water partition coefficient (Wildman–Crippen LogP) is 1.54. The molecule has 0 aliphatic rings. The van der Waals surface area contributed by atoms with Gasteiger partial charge in [-0.3, -0.25) is 0 Å². The minimum Gasteiger partial charge on any atom is -0.375 e. The first-order valence-corrected chi connectivity index (χ1v) is 6.89. The number of nitrogens with zero attached hydrogens (tertiary/aromatic N) is 4. The topological polar surface area (TPSA) is 80.0 Å². The third-order valence-corrected chi connectivity index (χ3v) is 3.33. The number of hydrogen-bond donors (Lipinski definition) is 2. The Morgan fingerprint density at radius 1 is 1.37 bits per heavy atom. The largest absolute Gasteiger partial charge is 0.375 e. The van der Waals surface area contributed by atoms with Gasteiger partial charge in [-0.1, -0.05) is 0 Å². The zero-order valence-corrected chi connectivity index (χ0v) is 12.2. The van der Waals surface area contributed by atoms with Crippen LogP contribution in [0.3, 0.4) is 0 Å². The van der Waals surface area contributed by atoms with Crippen LogP contribution in [0, 0.1) is 6.92 Å². The summed E-state index contributed by atoms with van der Waals surface area (Å²) < 4.78 is 0. The van der Waals surface area contributed by atoms with Crippen molar-refractivity contribution in [1.82, 2.24) is 15.0 Å². The smallest absolute Gasteiger partial charge is 0.224 e. The van der Waals surface area contributed by atoms with Crippen LogP contribution < -0.4 is 16.0 Å². The van der Waals surface area contributed by atoms with Crippen LogP contribution in [0.25, 0.3) is 0 Å². The van der Waals surface area contributed by atoms with E-state index in [1.54, 1.807) is 0 Å². The van der Waals surface area contributed by atoms with Crippen molar-refractivity contribution in [2.45, 2.75) is 13.3 Å². The molecule has 0 bridgehead atoms. The maximum Gasteiger partial charge on any atom is 0.224 e. The van der Waals surface area contributed by atoms with E-state index in [0.717, 1.165) is 30.0 Å². The lowest BCUT2D eigenvalue weighted by atomic mass is 10.3. The molecule has 0 saturated heterocycles. The molecule has 3 N–H and O–H groups in total. The van der Waals surface area contributed by atoms with E-state index in [1.807, 2.05) is 37.5 Å². The first kappa shape index (κ1) is 13.5. The van der Waals surface area contributed by atoms with E-state index in [9.17, 15) is 0 Å². The summed E-state index contributed by atoms with van der Waals surface area (Å²) in [7, 11) is 3.94. The molecule has 0 unspecified atom stereocenters. The molecule has 0 fully saturated rings. The third kappa shape index (κ3) is 3.54. The molecule has 102 valence electrons. The number of thiazole rings is 1. The first-order valence-electron chi connectivity index (χ1n) is 6.01. The molecule has 0 amide bonds. The summed E-state index contributed by atoms with van der Waals surface area (Å²) in [4.78, 5) is 14.9. The van der Waals surface area contributed by atoms with Crippen molar-refractivity contribution in [3.63, 3.8) is 0 Å². The molecular formula is C12H18N6S. The van der Waals surface area contributed by atoms with Crippen LogP contribution in [0.5, 0.6) is 0 Å². The lowest BCUT2D eigenvalue weighted by Crippen LogP contribution is -2.15. The van der Waals surface area contributed by atoms with Gasteiger partial charge in [-0.2, -0.15) is 4.98 Å². The fourth-order valence-electron chi connectivity index (χ4n) is 1.71. The Bertz CT molecular complexity index is 551. The highest BCUT2D eigenvalue weighted by molar-refractivity contribution is 7.13. The van der Waals surface area contributed by atoms with Crippen LogP contribution in [0.1, 0.15) is 11.3 Å². The number of nitrogen functional groups attached to an aromatic ring is 1. The second-order valence-electron chi connectivity index (χ2n) is 4.45. The molecule has 2 aromatic heterocycles. The van der Waals surface area contributed by atoms with E-state index in [0.29, 0.717) is 11.1 Å². The Hall–Kier alpha value is -1.89. The Morgan fingerprint density at radius 3 is 2.79 bits per heavy atom. The van der Waals surface area contributed by atoms with Gasteiger partial charge >= 0.3 is 0 Å². The fourth-order valence-corrected chi connectivity index (χ4v) is 2.31. The normalized spacial score (nSPS) is 10.5. The van der Waals surface area contributed by atoms with Gasteiger partial charge in [0.1, 0.15) is 5.82 Å². The number of aromatic nitrogens is 3. The summed E-state index contributed by atoms with van der Waals surface area (Å²) in [6.07, 6.45) is 2.63. The van der Waals surface area contributed by atoms with Crippen molar-refractivity contribution < 1.29 is 0 Å². The molecule has 0 spiro atoms. The predicted molar refractivity (Wildman–Crippen MR) is 79.8 cm³/mol. The van der Waals surface area contributed by atoms with Gasteiger partial charge in [-0.05, 0) is 6.92 Å². The van der Waals surface area contributed by atoms with Crippen molar-refractivity contribution in [3.8, 4) is 0 Å². The van der Waals surface area contributed by atoms with Crippen LogP contribution in [-0.4, -0.2) is 35.6 Å². The molecule has 2 rings (SSSR count). The number of nitrogens with one attached hydrogen (secondary N) is 1. The second kappa shape index (κ2) is 5.83. The summed E-state index contributed by atoms with van der Waals surface area (Å²) >= 11 is 1.46. The van der Waals surface area contributed by atoms with E-state index in [1.165, 1.54) is 11.3 Å². The average Bonchev–Trinajstić information content (AvgIpc) is 2.77. The molecule has 2 heterocycles. The summed E-state index contributed by atoms with van der Waals surface area (Å²) in [5.41, 5.74) is 7.64. The Kier molecular flexibility index (Phi) is 4.16. The summed E-state index contributed by atoms with van der Waals surface area (Å²) in [6, 6.07) is 0. The Balaban J connectivity index is 1.94. The highest BCUT2D eigenvalue weighted by Gasteiger charge is 2.05. The van der Waals surface area contributed by atoms with Crippen molar-refractivity contribution in [3.05, 3.63) is 22.8 Å². The fraction of sp³-hybridized carbons (Fsp3) is 0.417. The molecule has 0 aliphatic carbocycles. The average molecular weight is 278 g/mol. The zero-order chi connectivity index (χ0) is 13.8. The van der Waals surface area contributed by atoms with E-state index in [2.05, 4.69) is 20.3 Å². The molecule has 2 aromatic rings. The molecule has 0 atom stereocenters. The van der Waals surface area contributed by atoms with Crippen molar-refractivity contribution >= 4 is 28.2 Å². The van der Waals surface area contributed by atoms with Gasteiger partial charge in [0, 0.05) is 44.2 Å². The van der Waals surface area contributed by atoms with Gasteiger partial charge in [0.2, 0.25) is 5.95 Å². The summed E-state index contributed by atoms with van der Waals surface area (Å²) in [5.74, 6) is 1.56. The standard InChI is InChI=1S/C12H18N6S/c1-8-6-15-12(17-10(8)18(2)3)14-5-4-9-7-19-11(13)16-9/h6-7H,4-5H2,1-3H3,(H2,13,16)(H,14,15,17). The Labute approximate surface area is 116 Å². The van der Waals surface area contributed by atoms with E-state index < -0.39 is 0 Å². The number of hydrogen-bond acceptors (Lipinski definition) is 7. The van der Waals surface area contributed by atoms with Crippen LogP contribution in [0.15, 0.2) is 11.6 Å². The highest BCUT2D eigenvalue weighted by atomic mass is 32.1. The Morgan fingerprint density at radius 2 is 2.16 bits per heavy atom. The van der Waals surface area contributed by atoms with E-state index in [-0.39, 0.29) is 0 Å².